The maximum absolute atomic E-state index is 13.8. The molecule has 35 heavy (non-hydrogen) atoms. The predicted octanol–water partition coefficient (Wildman–Crippen LogP) is 6.85. The second kappa shape index (κ2) is 12.8. The predicted molar refractivity (Wildman–Crippen MR) is 144 cm³/mol. The molecular weight excluding hydrogens is 479 g/mol. The summed E-state index contributed by atoms with van der Waals surface area (Å²) in [5, 5.41) is 3.87. The van der Waals surface area contributed by atoms with Crippen molar-refractivity contribution in [3.05, 3.63) is 106 Å². The average Bonchev–Trinajstić information content (AvgIpc) is 2.88. The summed E-state index contributed by atoms with van der Waals surface area (Å²) < 4.78 is 0. The first-order valence-corrected chi connectivity index (χ1v) is 12.7. The Kier molecular flexibility index (Phi) is 9.76. The smallest absolute Gasteiger partial charge is 0.242 e. The van der Waals surface area contributed by atoms with E-state index in [2.05, 4.69) is 5.32 Å². The molecule has 0 aliphatic carbocycles. The second-order valence-electron chi connectivity index (χ2n) is 8.84. The van der Waals surface area contributed by atoms with Crippen LogP contribution in [0.25, 0.3) is 0 Å². The molecule has 2 amide bonds. The van der Waals surface area contributed by atoms with Gasteiger partial charge in [-0.3, -0.25) is 9.59 Å². The standard InChI is InChI=1S/C29H32Cl2N2O2/c1-4-20(2)32-29(35)21(3)33(19-22-15-16-26(30)27(31)17-22)28(34)18-25(23-11-7-5-8-12-23)24-13-9-6-10-14-24/h5-17,20-21,25H,4,18-19H2,1-3H3,(H,32,35)/t20-,21-/m0/s1. The molecule has 0 saturated heterocycles. The highest BCUT2D eigenvalue weighted by Gasteiger charge is 2.29. The molecule has 1 N–H and O–H groups in total. The van der Waals surface area contributed by atoms with Crippen LogP contribution in [0.1, 0.15) is 56.2 Å². The van der Waals surface area contributed by atoms with Crippen molar-refractivity contribution in [3.63, 3.8) is 0 Å². The van der Waals surface area contributed by atoms with Crippen molar-refractivity contribution in [1.29, 1.82) is 0 Å². The molecule has 4 nitrogen and oxygen atoms in total. The molecule has 184 valence electrons. The summed E-state index contributed by atoms with van der Waals surface area (Å²) in [7, 11) is 0. The van der Waals surface area contributed by atoms with Crippen LogP contribution >= 0.6 is 23.2 Å². The van der Waals surface area contributed by atoms with E-state index in [-0.39, 0.29) is 36.7 Å². The fraction of sp³-hybridized carbons (Fsp3) is 0.310. The van der Waals surface area contributed by atoms with Crippen LogP contribution in [0.15, 0.2) is 78.9 Å². The quantitative estimate of drug-likeness (QED) is 0.324. The van der Waals surface area contributed by atoms with E-state index in [1.54, 1.807) is 24.0 Å². The number of rotatable bonds is 10. The lowest BCUT2D eigenvalue weighted by Crippen LogP contribution is -2.49. The third-order valence-electron chi connectivity index (χ3n) is 6.29. The summed E-state index contributed by atoms with van der Waals surface area (Å²) >= 11 is 12.3. The number of carbonyl (C=O) groups excluding carboxylic acids is 2. The van der Waals surface area contributed by atoms with Gasteiger partial charge in [0.05, 0.1) is 10.0 Å². The molecule has 0 bridgehead atoms. The Hall–Kier alpha value is -2.82. The number of nitrogens with zero attached hydrogens (tertiary/aromatic N) is 1. The minimum absolute atomic E-state index is 0.0215. The zero-order valence-electron chi connectivity index (χ0n) is 20.4. The van der Waals surface area contributed by atoms with Gasteiger partial charge in [-0.2, -0.15) is 0 Å². The summed E-state index contributed by atoms with van der Waals surface area (Å²) in [5.41, 5.74) is 2.92. The van der Waals surface area contributed by atoms with Crippen LogP contribution in [-0.2, 0) is 16.1 Å². The summed E-state index contributed by atoms with van der Waals surface area (Å²) in [4.78, 5) is 28.5. The van der Waals surface area contributed by atoms with Crippen molar-refractivity contribution >= 4 is 35.0 Å². The third kappa shape index (κ3) is 7.33. The number of halogens is 2. The van der Waals surface area contributed by atoms with Gasteiger partial charge in [-0.05, 0) is 49.1 Å². The van der Waals surface area contributed by atoms with E-state index in [1.807, 2.05) is 80.6 Å². The summed E-state index contributed by atoms with van der Waals surface area (Å²) in [6, 6.07) is 24.6. The van der Waals surface area contributed by atoms with Crippen molar-refractivity contribution < 1.29 is 9.59 Å². The van der Waals surface area contributed by atoms with Gasteiger partial charge in [-0.25, -0.2) is 0 Å². The van der Waals surface area contributed by atoms with E-state index in [0.29, 0.717) is 10.0 Å². The normalized spacial score (nSPS) is 12.7. The van der Waals surface area contributed by atoms with Gasteiger partial charge in [0.2, 0.25) is 11.8 Å². The molecular formula is C29H32Cl2N2O2. The van der Waals surface area contributed by atoms with E-state index in [1.165, 1.54) is 0 Å². The lowest BCUT2D eigenvalue weighted by Gasteiger charge is -2.31. The fourth-order valence-electron chi connectivity index (χ4n) is 3.97. The Labute approximate surface area is 218 Å². The number of hydrogen-bond donors (Lipinski definition) is 1. The highest BCUT2D eigenvalue weighted by Crippen LogP contribution is 2.30. The topological polar surface area (TPSA) is 49.4 Å². The first-order valence-electron chi connectivity index (χ1n) is 11.9. The summed E-state index contributed by atoms with van der Waals surface area (Å²) in [6.07, 6.45) is 1.04. The van der Waals surface area contributed by atoms with Crippen molar-refractivity contribution in [3.8, 4) is 0 Å². The number of nitrogens with one attached hydrogen (secondary N) is 1. The minimum Gasteiger partial charge on any atom is -0.352 e. The SMILES string of the molecule is CC[C@H](C)NC(=O)[C@H](C)N(Cc1ccc(Cl)c(Cl)c1)C(=O)CC(c1ccccc1)c1ccccc1. The summed E-state index contributed by atoms with van der Waals surface area (Å²) in [5.74, 6) is -0.421. The molecule has 2 atom stereocenters. The Morgan fingerprint density at radius 3 is 1.94 bits per heavy atom. The van der Waals surface area contributed by atoms with Crippen LogP contribution < -0.4 is 5.32 Å². The van der Waals surface area contributed by atoms with Gasteiger partial charge in [0.1, 0.15) is 6.04 Å². The Morgan fingerprint density at radius 1 is 0.857 bits per heavy atom. The molecule has 0 aromatic heterocycles. The van der Waals surface area contributed by atoms with Crippen molar-refractivity contribution in [2.45, 2.75) is 58.2 Å². The fourth-order valence-corrected chi connectivity index (χ4v) is 4.29. The molecule has 3 aromatic rings. The third-order valence-corrected chi connectivity index (χ3v) is 7.03. The molecule has 0 saturated carbocycles. The highest BCUT2D eigenvalue weighted by atomic mass is 35.5. The molecule has 3 rings (SSSR count). The van der Waals surface area contributed by atoms with Gasteiger partial charge in [0, 0.05) is 24.9 Å². The van der Waals surface area contributed by atoms with E-state index < -0.39 is 6.04 Å². The van der Waals surface area contributed by atoms with E-state index in [9.17, 15) is 9.59 Å². The van der Waals surface area contributed by atoms with E-state index in [0.717, 1.165) is 23.1 Å². The molecule has 0 spiro atoms. The van der Waals surface area contributed by atoms with Gasteiger partial charge in [0.15, 0.2) is 0 Å². The van der Waals surface area contributed by atoms with E-state index >= 15 is 0 Å². The van der Waals surface area contributed by atoms with Crippen LogP contribution in [0.4, 0.5) is 0 Å². The molecule has 3 aromatic carbocycles. The largest absolute Gasteiger partial charge is 0.352 e. The summed E-state index contributed by atoms with van der Waals surface area (Å²) in [6.45, 7) is 5.99. The van der Waals surface area contributed by atoms with Crippen LogP contribution in [0.2, 0.25) is 10.0 Å². The average molecular weight is 511 g/mol. The van der Waals surface area contributed by atoms with Crippen LogP contribution in [0, 0.1) is 0 Å². The minimum atomic E-state index is -0.654. The molecule has 0 radical (unpaired) electrons. The lowest BCUT2D eigenvalue weighted by molar-refractivity contribution is -0.141. The Balaban J connectivity index is 1.92. The lowest BCUT2D eigenvalue weighted by atomic mass is 9.88. The Bertz CT molecular complexity index is 1080. The first-order chi connectivity index (χ1) is 16.8. The first kappa shape index (κ1) is 26.8. The number of amides is 2. The number of carbonyl (C=O) groups is 2. The molecule has 0 aliphatic heterocycles. The Morgan fingerprint density at radius 2 is 1.43 bits per heavy atom. The number of benzene rings is 3. The molecule has 0 unspecified atom stereocenters. The maximum atomic E-state index is 13.8. The van der Waals surface area contributed by atoms with Crippen LogP contribution in [0.5, 0.6) is 0 Å². The van der Waals surface area contributed by atoms with Crippen LogP contribution in [-0.4, -0.2) is 28.8 Å². The maximum Gasteiger partial charge on any atom is 0.242 e. The van der Waals surface area contributed by atoms with Gasteiger partial charge in [-0.1, -0.05) is 96.9 Å². The molecule has 0 aliphatic rings. The highest BCUT2D eigenvalue weighted by molar-refractivity contribution is 6.42. The van der Waals surface area contributed by atoms with Gasteiger partial charge in [0.25, 0.3) is 0 Å². The van der Waals surface area contributed by atoms with E-state index in [4.69, 9.17) is 23.2 Å². The number of hydrogen-bond acceptors (Lipinski definition) is 2. The van der Waals surface area contributed by atoms with Crippen molar-refractivity contribution in [2.24, 2.45) is 0 Å². The molecule has 0 heterocycles. The van der Waals surface area contributed by atoms with Crippen molar-refractivity contribution in [2.75, 3.05) is 0 Å². The molecule has 6 heteroatoms. The zero-order valence-corrected chi connectivity index (χ0v) is 21.9. The zero-order chi connectivity index (χ0) is 25.4. The van der Waals surface area contributed by atoms with Gasteiger partial charge in [-0.15, -0.1) is 0 Å². The van der Waals surface area contributed by atoms with Gasteiger partial charge >= 0.3 is 0 Å². The second-order valence-corrected chi connectivity index (χ2v) is 9.66. The monoisotopic (exact) mass is 510 g/mol. The van der Waals surface area contributed by atoms with Crippen LogP contribution in [0.3, 0.4) is 0 Å². The van der Waals surface area contributed by atoms with Crippen molar-refractivity contribution in [1.82, 2.24) is 10.2 Å². The molecule has 0 fully saturated rings. The van der Waals surface area contributed by atoms with Gasteiger partial charge < -0.3 is 10.2 Å².